The molecular formula is C13H17NO4. The molecule has 5 nitrogen and oxygen atoms in total. The molecule has 0 saturated carbocycles. The highest BCUT2D eigenvalue weighted by atomic mass is 16.4. The first-order valence-corrected chi connectivity index (χ1v) is 5.76. The number of carboxylic acid groups (broad SMARTS) is 1. The molecule has 0 aromatic heterocycles. The van der Waals surface area contributed by atoms with E-state index in [0.717, 1.165) is 0 Å². The van der Waals surface area contributed by atoms with Crippen molar-refractivity contribution >= 4 is 11.9 Å². The Bertz CT molecular complexity index is 456. The van der Waals surface area contributed by atoms with Gasteiger partial charge in [-0.2, -0.15) is 0 Å². The largest absolute Gasteiger partial charge is 0.508 e. The van der Waals surface area contributed by atoms with Crippen LogP contribution < -0.4 is 0 Å². The van der Waals surface area contributed by atoms with Gasteiger partial charge in [-0.25, -0.2) is 0 Å². The summed E-state index contributed by atoms with van der Waals surface area (Å²) in [6, 6.07) is 4.69. The molecule has 2 N–H and O–H groups in total. The summed E-state index contributed by atoms with van der Waals surface area (Å²) in [6.07, 6.45) is -0.0859. The summed E-state index contributed by atoms with van der Waals surface area (Å²) in [7, 11) is 0. The third-order valence-electron chi connectivity index (χ3n) is 2.72. The molecule has 0 aliphatic carbocycles. The van der Waals surface area contributed by atoms with Crippen LogP contribution in [0.15, 0.2) is 18.2 Å². The van der Waals surface area contributed by atoms with Crippen LogP contribution in [0, 0.1) is 6.92 Å². The summed E-state index contributed by atoms with van der Waals surface area (Å²) in [6.45, 7) is 4.12. The molecule has 0 saturated heterocycles. The van der Waals surface area contributed by atoms with Gasteiger partial charge in [0.05, 0.1) is 6.42 Å². The minimum absolute atomic E-state index is 0.0649. The number of hydrogen-bond acceptors (Lipinski definition) is 3. The lowest BCUT2D eigenvalue weighted by molar-refractivity contribution is -0.137. The second-order valence-corrected chi connectivity index (χ2v) is 4.03. The maximum absolute atomic E-state index is 12.1. The smallest absolute Gasteiger partial charge is 0.305 e. The van der Waals surface area contributed by atoms with Crippen LogP contribution in [0.1, 0.15) is 29.3 Å². The predicted molar refractivity (Wildman–Crippen MR) is 66.7 cm³/mol. The van der Waals surface area contributed by atoms with E-state index < -0.39 is 5.97 Å². The monoisotopic (exact) mass is 251 g/mol. The Morgan fingerprint density at radius 1 is 1.33 bits per heavy atom. The summed E-state index contributed by atoms with van der Waals surface area (Å²) in [4.78, 5) is 24.0. The zero-order valence-electron chi connectivity index (χ0n) is 10.5. The van der Waals surface area contributed by atoms with E-state index in [1.807, 2.05) is 0 Å². The summed E-state index contributed by atoms with van der Waals surface area (Å²) in [5, 5.41) is 18.2. The van der Waals surface area contributed by atoms with E-state index >= 15 is 0 Å². The van der Waals surface area contributed by atoms with Gasteiger partial charge in [-0.15, -0.1) is 0 Å². The minimum Gasteiger partial charge on any atom is -0.508 e. The fourth-order valence-corrected chi connectivity index (χ4v) is 1.56. The summed E-state index contributed by atoms with van der Waals surface area (Å²) in [5.74, 6) is -1.14. The number of rotatable bonds is 5. The van der Waals surface area contributed by atoms with Crippen LogP contribution in [0.2, 0.25) is 0 Å². The molecule has 1 aromatic rings. The molecule has 18 heavy (non-hydrogen) atoms. The normalized spacial score (nSPS) is 10.1. The van der Waals surface area contributed by atoms with Crippen molar-refractivity contribution in [2.45, 2.75) is 20.3 Å². The highest BCUT2D eigenvalue weighted by Crippen LogP contribution is 2.18. The minimum atomic E-state index is -0.937. The van der Waals surface area contributed by atoms with Gasteiger partial charge < -0.3 is 15.1 Å². The highest BCUT2D eigenvalue weighted by Gasteiger charge is 2.15. The first-order valence-electron chi connectivity index (χ1n) is 5.76. The molecule has 0 spiro atoms. The van der Waals surface area contributed by atoms with Crippen LogP contribution in [0.3, 0.4) is 0 Å². The summed E-state index contributed by atoms with van der Waals surface area (Å²) in [5.41, 5.74) is 1.06. The van der Waals surface area contributed by atoms with Gasteiger partial charge in [0.2, 0.25) is 0 Å². The third-order valence-corrected chi connectivity index (χ3v) is 2.72. The number of nitrogens with zero attached hydrogens (tertiary/aromatic N) is 1. The zero-order valence-corrected chi connectivity index (χ0v) is 10.5. The van der Waals surface area contributed by atoms with Crippen LogP contribution in [-0.4, -0.2) is 40.1 Å². The number of amides is 1. The highest BCUT2D eigenvalue weighted by molar-refractivity contribution is 5.94. The zero-order chi connectivity index (χ0) is 13.7. The molecule has 0 atom stereocenters. The molecule has 5 heteroatoms. The Labute approximate surface area is 106 Å². The van der Waals surface area contributed by atoms with Gasteiger partial charge in [0, 0.05) is 18.7 Å². The van der Waals surface area contributed by atoms with Crippen molar-refractivity contribution < 1.29 is 19.8 Å². The van der Waals surface area contributed by atoms with E-state index in [2.05, 4.69) is 0 Å². The maximum atomic E-state index is 12.1. The second-order valence-electron chi connectivity index (χ2n) is 4.03. The lowest BCUT2D eigenvalue weighted by Crippen LogP contribution is -2.32. The Morgan fingerprint density at radius 2 is 2.00 bits per heavy atom. The molecule has 0 radical (unpaired) electrons. The first kappa shape index (κ1) is 14.0. The van der Waals surface area contributed by atoms with Crippen molar-refractivity contribution in [2.75, 3.05) is 13.1 Å². The van der Waals surface area contributed by atoms with Crippen LogP contribution in [0.25, 0.3) is 0 Å². The Balaban J connectivity index is 2.82. The number of phenols is 1. The van der Waals surface area contributed by atoms with Gasteiger partial charge in [0.15, 0.2) is 0 Å². The number of hydrogen-bond donors (Lipinski definition) is 2. The van der Waals surface area contributed by atoms with Gasteiger partial charge in [0.1, 0.15) is 5.75 Å². The standard InChI is InChI=1S/C13H17NO4/c1-3-14(7-6-12(16)17)13(18)10-5-4-9(2)11(15)8-10/h4-5,8,15H,3,6-7H2,1-2H3,(H,16,17). The molecule has 1 aromatic carbocycles. The quantitative estimate of drug-likeness (QED) is 0.833. The first-order chi connectivity index (χ1) is 8.45. The predicted octanol–water partition coefficient (Wildman–Crippen LogP) is 1.64. The van der Waals surface area contributed by atoms with Crippen molar-refractivity contribution in [1.29, 1.82) is 0 Å². The summed E-state index contributed by atoms with van der Waals surface area (Å²) >= 11 is 0. The number of phenolic OH excluding ortho intramolecular Hbond substituents is 1. The van der Waals surface area contributed by atoms with Crippen LogP contribution in [-0.2, 0) is 4.79 Å². The van der Waals surface area contributed by atoms with Gasteiger partial charge in [-0.1, -0.05) is 6.07 Å². The molecule has 98 valence electrons. The third kappa shape index (κ3) is 3.48. The summed E-state index contributed by atoms with van der Waals surface area (Å²) < 4.78 is 0. The van der Waals surface area contributed by atoms with Crippen molar-refractivity contribution in [3.05, 3.63) is 29.3 Å². The molecule has 0 unspecified atom stereocenters. The average Bonchev–Trinajstić information content (AvgIpc) is 2.32. The molecular weight excluding hydrogens is 234 g/mol. The number of carbonyl (C=O) groups excluding carboxylic acids is 1. The number of carboxylic acids is 1. The number of aromatic hydroxyl groups is 1. The van der Waals surface area contributed by atoms with Crippen LogP contribution >= 0.6 is 0 Å². The lowest BCUT2D eigenvalue weighted by Gasteiger charge is -2.20. The molecule has 0 aliphatic rings. The van der Waals surface area contributed by atoms with E-state index in [9.17, 15) is 14.7 Å². The van der Waals surface area contributed by atoms with Gasteiger partial charge >= 0.3 is 5.97 Å². The number of aryl methyl sites for hydroxylation is 1. The molecule has 0 fully saturated rings. The van der Waals surface area contributed by atoms with E-state index in [0.29, 0.717) is 17.7 Å². The topological polar surface area (TPSA) is 77.8 Å². The Hall–Kier alpha value is -2.04. The molecule has 0 aliphatic heterocycles. The number of benzene rings is 1. The average molecular weight is 251 g/mol. The number of aliphatic carboxylic acids is 1. The Morgan fingerprint density at radius 3 is 2.50 bits per heavy atom. The van der Waals surface area contributed by atoms with E-state index in [1.165, 1.54) is 11.0 Å². The van der Waals surface area contributed by atoms with Crippen LogP contribution in [0.4, 0.5) is 0 Å². The van der Waals surface area contributed by atoms with E-state index in [-0.39, 0.29) is 24.6 Å². The van der Waals surface area contributed by atoms with Gasteiger partial charge in [0.25, 0.3) is 5.91 Å². The Kier molecular flexibility index (Phi) is 4.71. The SMILES string of the molecule is CCN(CCC(=O)O)C(=O)c1ccc(C)c(O)c1. The molecule has 0 bridgehead atoms. The van der Waals surface area contributed by atoms with E-state index in [1.54, 1.807) is 26.0 Å². The maximum Gasteiger partial charge on any atom is 0.305 e. The van der Waals surface area contributed by atoms with Crippen LogP contribution in [0.5, 0.6) is 5.75 Å². The van der Waals surface area contributed by atoms with Gasteiger partial charge in [-0.3, -0.25) is 9.59 Å². The fraction of sp³-hybridized carbons (Fsp3) is 0.385. The molecule has 0 heterocycles. The van der Waals surface area contributed by atoms with Crippen molar-refractivity contribution in [3.63, 3.8) is 0 Å². The van der Waals surface area contributed by atoms with Crippen molar-refractivity contribution in [3.8, 4) is 5.75 Å². The van der Waals surface area contributed by atoms with Crippen molar-refractivity contribution in [2.24, 2.45) is 0 Å². The fourth-order valence-electron chi connectivity index (χ4n) is 1.56. The number of carbonyl (C=O) groups is 2. The lowest BCUT2D eigenvalue weighted by atomic mass is 10.1. The second kappa shape index (κ2) is 6.05. The molecule has 1 amide bonds. The van der Waals surface area contributed by atoms with Gasteiger partial charge in [-0.05, 0) is 31.5 Å². The van der Waals surface area contributed by atoms with Crippen molar-refractivity contribution in [1.82, 2.24) is 4.90 Å². The molecule has 1 rings (SSSR count). The van der Waals surface area contributed by atoms with E-state index in [4.69, 9.17) is 5.11 Å².